The molecule has 1 aliphatic heterocycles. The van der Waals surface area contributed by atoms with Crippen molar-refractivity contribution in [2.75, 3.05) is 11.1 Å². The zero-order chi connectivity index (χ0) is 9.59. The molecule has 0 saturated heterocycles. The van der Waals surface area contributed by atoms with Crippen molar-refractivity contribution in [3.05, 3.63) is 0 Å². The first-order valence-electron chi connectivity index (χ1n) is 3.31. The monoisotopic (exact) mass is 185 g/mol. The van der Waals surface area contributed by atoms with Crippen molar-refractivity contribution in [1.29, 1.82) is 0 Å². The summed E-state index contributed by atoms with van der Waals surface area (Å²) in [5, 5.41) is 5.43. The van der Waals surface area contributed by atoms with Crippen LogP contribution in [0.1, 0.15) is 4.79 Å². The van der Waals surface area contributed by atoms with Crippen LogP contribution >= 0.6 is 0 Å². The summed E-state index contributed by atoms with van der Waals surface area (Å²) >= 11 is 0. The van der Waals surface area contributed by atoms with Gasteiger partial charge in [0, 0.05) is 0 Å². The predicted molar refractivity (Wildman–Crippen MR) is 38.6 cm³/mol. The van der Waals surface area contributed by atoms with Gasteiger partial charge in [0.05, 0.1) is 0 Å². The lowest BCUT2D eigenvalue weighted by Gasteiger charge is -2.13. The normalized spacial score (nSPS) is 21.2. The maximum atomic E-state index is 12.8. The van der Waals surface area contributed by atoms with Gasteiger partial charge in [-0.25, -0.2) is 4.39 Å². The highest BCUT2D eigenvalue weighted by Gasteiger charge is 2.36. The van der Waals surface area contributed by atoms with Gasteiger partial charge < -0.3 is 5.73 Å². The second-order valence-corrected chi connectivity index (χ2v) is 2.40. The first-order chi connectivity index (χ1) is 6.09. The van der Waals surface area contributed by atoms with Gasteiger partial charge in [-0.3, -0.25) is 14.9 Å². The number of carbonyl (C=O) groups excluding carboxylic acids is 2. The van der Waals surface area contributed by atoms with Crippen molar-refractivity contribution in [3.63, 3.8) is 0 Å². The number of alkyl halides is 1. The molecule has 68 valence electrons. The molecular formula is C5H4FN5O2. The van der Waals surface area contributed by atoms with Crippen molar-refractivity contribution < 1.29 is 14.0 Å². The second-order valence-electron chi connectivity index (χ2n) is 2.40. The number of nitrogens with one attached hydrogen (secondary N) is 1. The van der Waals surface area contributed by atoms with Gasteiger partial charge in [0.25, 0.3) is 18.0 Å². The molecule has 3 N–H and O–H groups in total. The van der Waals surface area contributed by atoms with Crippen LogP contribution in [0.15, 0.2) is 0 Å². The summed E-state index contributed by atoms with van der Waals surface area (Å²) in [5.74, 6) is -2.48. The van der Waals surface area contributed by atoms with Crippen LogP contribution in [0.5, 0.6) is 0 Å². The average molecular weight is 185 g/mol. The Kier molecular flexibility index (Phi) is 1.32. The highest BCUT2D eigenvalue weighted by molar-refractivity contribution is 6.13. The van der Waals surface area contributed by atoms with Gasteiger partial charge in [0.1, 0.15) is 0 Å². The Hall–Kier alpha value is -1.99. The third kappa shape index (κ3) is 0.949. The number of halogens is 1. The molecule has 0 radical (unpaired) electrons. The average Bonchev–Trinajstić information content (AvgIpc) is 2.42. The van der Waals surface area contributed by atoms with E-state index in [0.29, 0.717) is 4.68 Å². The Morgan fingerprint density at radius 3 is 2.92 bits per heavy atom. The molecule has 2 heterocycles. The smallest absolute Gasteiger partial charge is 0.294 e. The number of aromatic nitrogens is 3. The fourth-order valence-corrected chi connectivity index (χ4v) is 0.956. The molecule has 0 aromatic carbocycles. The van der Waals surface area contributed by atoms with E-state index in [-0.39, 0.29) is 11.9 Å². The maximum Gasteiger partial charge on any atom is 0.294 e. The third-order valence-corrected chi connectivity index (χ3v) is 1.51. The van der Waals surface area contributed by atoms with Gasteiger partial charge in [-0.15, -0.1) is 5.10 Å². The van der Waals surface area contributed by atoms with Crippen LogP contribution in [0.25, 0.3) is 0 Å². The van der Waals surface area contributed by atoms with E-state index in [1.54, 1.807) is 0 Å². The summed E-state index contributed by atoms with van der Waals surface area (Å²) in [5.41, 5.74) is 5.14. The number of carbonyl (C=O) groups is 2. The van der Waals surface area contributed by atoms with E-state index in [9.17, 15) is 14.0 Å². The van der Waals surface area contributed by atoms with E-state index < -0.39 is 18.0 Å². The Morgan fingerprint density at radius 2 is 2.23 bits per heavy atom. The lowest BCUT2D eigenvalue weighted by atomic mass is 10.3. The molecule has 1 aromatic heterocycles. The predicted octanol–water partition coefficient (Wildman–Crippen LogP) is -1.21. The Labute approximate surface area is 70.7 Å². The fourth-order valence-electron chi connectivity index (χ4n) is 0.956. The molecule has 13 heavy (non-hydrogen) atoms. The SMILES string of the molecule is Nc1nc2n(n1)C(=O)C(F)C(=O)N2. The number of nitrogens with two attached hydrogens (primary N) is 1. The van der Waals surface area contributed by atoms with Crippen molar-refractivity contribution in [2.45, 2.75) is 6.17 Å². The first kappa shape index (κ1) is 7.65. The third-order valence-electron chi connectivity index (χ3n) is 1.51. The molecule has 8 heteroatoms. The minimum Gasteiger partial charge on any atom is -0.366 e. The number of hydrogen-bond acceptors (Lipinski definition) is 5. The number of nitrogens with zero attached hydrogens (tertiary/aromatic N) is 3. The first-order valence-corrected chi connectivity index (χ1v) is 3.31. The number of rotatable bonds is 0. The molecule has 7 nitrogen and oxygen atoms in total. The van der Waals surface area contributed by atoms with E-state index in [0.717, 1.165) is 0 Å². The minimum atomic E-state index is -2.24. The minimum absolute atomic E-state index is 0.151. The largest absolute Gasteiger partial charge is 0.366 e. The molecular weight excluding hydrogens is 181 g/mol. The van der Waals surface area contributed by atoms with E-state index >= 15 is 0 Å². The number of hydrogen-bond donors (Lipinski definition) is 2. The zero-order valence-corrected chi connectivity index (χ0v) is 6.19. The summed E-state index contributed by atoms with van der Waals surface area (Å²) in [6.45, 7) is 0. The molecule has 1 atom stereocenters. The van der Waals surface area contributed by atoms with Gasteiger partial charge in [-0.05, 0) is 0 Å². The molecule has 0 saturated carbocycles. The van der Waals surface area contributed by atoms with Crippen molar-refractivity contribution >= 4 is 23.7 Å². The van der Waals surface area contributed by atoms with E-state index in [1.807, 2.05) is 5.32 Å². The topological polar surface area (TPSA) is 103 Å². The summed E-state index contributed by atoms with van der Waals surface area (Å²) in [6.07, 6.45) is -2.24. The van der Waals surface area contributed by atoms with Gasteiger partial charge in [0.15, 0.2) is 0 Å². The fraction of sp³-hybridized carbons (Fsp3) is 0.200. The zero-order valence-electron chi connectivity index (χ0n) is 6.19. The number of nitrogen functional groups attached to an aromatic ring is 1. The van der Waals surface area contributed by atoms with Crippen molar-refractivity contribution in [1.82, 2.24) is 14.8 Å². The molecule has 0 aliphatic carbocycles. The summed E-state index contributed by atoms with van der Waals surface area (Å²) in [6, 6.07) is 0. The molecule has 1 unspecified atom stereocenters. The summed E-state index contributed by atoms with van der Waals surface area (Å²) in [4.78, 5) is 25.3. The maximum absolute atomic E-state index is 12.8. The Balaban J connectivity index is 2.54. The number of amides is 1. The van der Waals surface area contributed by atoms with Crippen LogP contribution in [-0.2, 0) is 4.79 Å². The van der Waals surface area contributed by atoms with Crippen LogP contribution in [0.3, 0.4) is 0 Å². The van der Waals surface area contributed by atoms with Gasteiger partial charge in [-0.2, -0.15) is 9.67 Å². The lowest BCUT2D eigenvalue weighted by molar-refractivity contribution is -0.119. The lowest BCUT2D eigenvalue weighted by Crippen LogP contribution is -2.41. The molecule has 1 amide bonds. The Bertz CT molecular complexity index is 400. The van der Waals surface area contributed by atoms with Gasteiger partial charge >= 0.3 is 0 Å². The van der Waals surface area contributed by atoms with Crippen molar-refractivity contribution in [3.8, 4) is 0 Å². The summed E-state index contributed by atoms with van der Waals surface area (Å²) < 4.78 is 13.4. The quantitative estimate of drug-likeness (QED) is 0.493. The van der Waals surface area contributed by atoms with E-state index in [2.05, 4.69) is 10.1 Å². The molecule has 0 bridgehead atoms. The molecule has 1 aliphatic rings. The van der Waals surface area contributed by atoms with Crippen LogP contribution in [-0.4, -0.2) is 32.8 Å². The van der Waals surface area contributed by atoms with Crippen LogP contribution in [0.2, 0.25) is 0 Å². The van der Waals surface area contributed by atoms with Gasteiger partial charge in [-0.1, -0.05) is 0 Å². The highest BCUT2D eigenvalue weighted by atomic mass is 19.1. The van der Waals surface area contributed by atoms with E-state index in [4.69, 9.17) is 5.73 Å². The van der Waals surface area contributed by atoms with E-state index in [1.165, 1.54) is 0 Å². The van der Waals surface area contributed by atoms with Gasteiger partial charge in [0.2, 0.25) is 11.9 Å². The second kappa shape index (κ2) is 2.25. The van der Waals surface area contributed by atoms with Crippen LogP contribution < -0.4 is 11.1 Å². The number of anilines is 2. The molecule has 1 aromatic rings. The highest BCUT2D eigenvalue weighted by Crippen LogP contribution is 2.14. The molecule has 2 rings (SSSR count). The van der Waals surface area contributed by atoms with Crippen LogP contribution in [0.4, 0.5) is 16.3 Å². The molecule has 0 fully saturated rings. The Morgan fingerprint density at radius 1 is 1.54 bits per heavy atom. The van der Waals surface area contributed by atoms with Crippen molar-refractivity contribution in [2.24, 2.45) is 0 Å². The number of fused-ring (bicyclic) bond motifs is 1. The van der Waals surface area contributed by atoms with Crippen LogP contribution in [0, 0.1) is 0 Å². The standard InChI is InChI=1S/C5H4FN5O2/c6-1-2(12)8-5-9-4(7)10-11(5)3(1)13/h1H,(H3,7,8,9,10,12). The summed E-state index contributed by atoms with van der Waals surface area (Å²) in [7, 11) is 0. The molecule has 0 spiro atoms.